The van der Waals surface area contributed by atoms with E-state index in [4.69, 9.17) is 4.52 Å². The van der Waals surface area contributed by atoms with E-state index in [-0.39, 0.29) is 17.5 Å². The molecule has 2 aromatic heterocycles. The lowest BCUT2D eigenvalue weighted by Gasteiger charge is -2.17. The molecule has 1 aliphatic heterocycles. The molecule has 7 nitrogen and oxygen atoms in total. The Morgan fingerprint density at radius 3 is 2.82 bits per heavy atom. The average molecular weight is 382 g/mol. The number of fused-ring (bicyclic) bond motifs is 1. The van der Waals surface area contributed by atoms with E-state index >= 15 is 0 Å². The van der Waals surface area contributed by atoms with E-state index in [1.165, 1.54) is 23.2 Å². The summed E-state index contributed by atoms with van der Waals surface area (Å²) < 4.78 is 19.6. The number of carbonyl (C=O) groups excluding carboxylic acids is 2. The number of hydrogen-bond donors (Lipinski definition) is 1. The molecule has 1 aromatic carbocycles. The zero-order valence-electron chi connectivity index (χ0n) is 15.5. The molecule has 0 radical (unpaired) electrons. The van der Waals surface area contributed by atoms with Crippen molar-refractivity contribution in [2.75, 3.05) is 16.8 Å². The zero-order chi connectivity index (χ0) is 19.8. The van der Waals surface area contributed by atoms with Gasteiger partial charge >= 0.3 is 0 Å². The molecule has 3 heterocycles. The van der Waals surface area contributed by atoms with Crippen molar-refractivity contribution < 1.29 is 18.5 Å². The summed E-state index contributed by atoms with van der Waals surface area (Å²) in [7, 11) is 0. The smallest absolute Gasteiger partial charge is 0.257 e. The van der Waals surface area contributed by atoms with E-state index < -0.39 is 11.7 Å². The summed E-state index contributed by atoms with van der Waals surface area (Å²) in [6.45, 7) is 4.45. The first-order valence-corrected chi connectivity index (χ1v) is 9.10. The third-order valence-electron chi connectivity index (χ3n) is 4.74. The molecular formula is C20H19FN4O3. The second-order valence-electron chi connectivity index (χ2n) is 7.07. The van der Waals surface area contributed by atoms with Crippen molar-refractivity contribution in [3.8, 4) is 0 Å². The van der Waals surface area contributed by atoms with Crippen molar-refractivity contribution in [3.63, 3.8) is 0 Å². The van der Waals surface area contributed by atoms with Gasteiger partial charge in [0.25, 0.3) is 11.6 Å². The van der Waals surface area contributed by atoms with Crippen LogP contribution in [0.25, 0.3) is 11.1 Å². The number of aromatic nitrogens is 2. The monoisotopic (exact) mass is 382 g/mol. The predicted molar refractivity (Wildman–Crippen MR) is 102 cm³/mol. The van der Waals surface area contributed by atoms with Gasteiger partial charge < -0.3 is 14.7 Å². The fraction of sp³-hybridized carbons (Fsp3) is 0.300. The lowest BCUT2D eigenvalue weighted by molar-refractivity contribution is -0.117. The SMILES string of the molecule is CC(C)c1noc2ncc(C(=O)Nc3ccc(N4CCCC4=O)c(F)c3)cc12. The minimum atomic E-state index is -0.553. The van der Waals surface area contributed by atoms with E-state index in [9.17, 15) is 14.0 Å². The number of halogens is 1. The maximum atomic E-state index is 14.5. The van der Waals surface area contributed by atoms with Gasteiger partial charge in [-0.1, -0.05) is 19.0 Å². The minimum Gasteiger partial charge on any atom is -0.336 e. The summed E-state index contributed by atoms with van der Waals surface area (Å²) in [4.78, 5) is 29.9. The van der Waals surface area contributed by atoms with E-state index in [1.54, 1.807) is 12.1 Å². The molecule has 0 unspecified atom stereocenters. The van der Waals surface area contributed by atoms with Crippen LogP contribution in [0.3, 0.4) is 0 Å². The van der Waals surface area contributed by atoms with Gasteiger partial charge in [0.05, 0.1) is 22.3 Å². The van der Waals surface area contributed by atoms with E-state index in [0.29, 0.717) is 41.7 Å². The molecule has 28 heavy (non-hydrogen) atoms. The number of nitrogens with one attached hydrogen (secondary N) is 1. The highest BCUT2D eigenvalue weighted by atomic mass is 19.1. The predicted octanol–water partition coefficient (Wildman–Crippen LogP) is 3.86. The third kappa shape index (κ3) is 3.21. The Morgan fingerprint density at radius 2 is 2.14 bits per heavy atom. The Hall–Kier alpha value is -3.29. The van der Waals surface area contributed by atoms with Crippen molar-refractivity contribution in [2.24, 2.45) is 0 Å². The molecule has 3 aromatic rings. The van der Waals surface area contributed by atoms with Crippen molar-refractivity contribution in [2.45, 2.75) is 32.6 Å². The summed E-state index contributed by atoms with van der Waals surface area (Å²) in [6.07, 6.45) is 2.53. The molecule has 144 valence electrons. The number of rotatable bonds is 4. The highest BCUT2D eigenvalue weighted by Crippen LogP contribution is 2.28. The Labute approximate surface area is 160 Å². The highest BCUT2D eigenvalue weighted by Gasteiger charge is 2.24. The number of pyridine rings is 1. The van der Waals surface area contributed by atoms with Crippen LogP contribution in [0.4, 0.5) is 15.8 Å². The molecule has 2 amide bonds. The van der Waals surface area contributed by atoms with Crippen molar-refractivity contribution in [1.82, 2.24) is 10.1 Å². The van der Waals surface area contributed by atoms with Gasteiger partial charge in [-0.3, -0.25) is 9.59 Å². The molecular weight excluding hydrogens is 363 g/mol. The fourth-order valence-electron chi connectivity index (χ4n) is 3.30. The van der Waals surface area contributed by atoms with Gasteiger partial charge in [-0.25, -0.2) is 9.37 Å². The first-order chi connectivity index (χ1) is 13.4. The summed E-state index contributed by atoms with van der Waals surface area (Å²) in [5, 5.41) is 7.33. The van der Waals surface area contributed by atoms with Crippen LogP contribution in [0, 0.1) is 5.82 Å². The maximum Gasteiger partial charge on any atom is 0.257 e. The molecule has 0 saturated carbocycles. The molecule has 0 atom stereocenters. The van der Waals surface area contributed by atoms with Gasteiger partial charge in [0.15, 0.2) is 0 Å². The van der Waals surface area contributed by atoms with Crippen LogP contribution in [0.1, 0.15) is 48.7 Å². The zero-order valence-corrected chi connectivity index (χ0v) is 15.5. The second kappa shape index (κ2) is 7.03. The molecule has 1 N–H and O–H groups in total. The Morgan fingerprint density at radius 1 is 1.32 bits per heavy atom. The van der Waals surface area contributed by atoms with Crippen LogP contribution >= 0.6 is 0 Å². The van der Waals surface area contributed by atoms with Crippen LogP contribution in [-0.4, -0.2) is 28.5 Å². The minimum absolute atomic E-state index is 0.0928. The number of anilines is 2. The van der Waals surface area contributed by atoms with E-state index in [1.807, 2.05) is 13.8 Å². The van der Waals surface area contributed by atoms with Crippen LogP contribution in [0.5, 0.6) is 0 Å². The average Bonchev–Trinajstić information content (AvgIpc) is 3.27. The Balaban J connectivity index is 1.56. The fourth-order valence-corrected chi connectivity index (χ4v) is 3.30. The number of amides is 2. The number of benzene rings is 1. The Bertz CT molecular complexity index is 1080. The van der Waals surface area contributed by atoms with Crippen LogP contribution in [0.2, 0.25) is 0 Å². The van der Waals surface area contributed by atoms with Crippen molar-refractivity contribution in [3.05, 3.63) is 47.5 Å². The molecule has 1 saturated heterocycles. The lowest BCUT2D eigenvalue weighted by atomic mass is 10.1. The first-order valence-electron chi connectivity index (χ1n) is 9.10. The topological polar surface area (TPSA) is 88.3 Å². The van der Waals surface area contributed by atoms with Crippen molar-refractivity contribution >= 4 is 34.3 Å². The number of carbonyl (C=O) groups is 2. The summed E-state index contributed by atoms with van der Waals surface area (Å²) in [5.74, 6) is -0.946. The molecule has 1 fully saturated rings. The molecule has 1 aliphatic rings. The molecule has 0 spiro atoms. The number of nitrogens with zero attached hydrogens (tertiary/aromatic N) is 3. The summed E-state index contributed by atoms with van der Waals surface area (Å²) in [5.41, 5.74) is 1.94. The maximum absolute atomic E-state index is 14.5. The summed E-state index contributed by atoms with van der Waals surface area (Å²) in [6, 6.07) is 5.96. The number of hydrogen-bond acceptors (Lipinski definition) is 5. The third-order valence-corrected chi connectivity index (χ3v) is 4.74. The van der Waals surface area contributed by atoms with Gasteiger partial charge in [0.2, 0.25) is 5.91 Å². The van der Waals surface area contributed by atoms with Crippen LogP contribution in [-0.2, 0) is 4.79 Å². The van der Waals surface area contributed by atoms with E-state index in [0.717, 1.165) is 5.69 Å². The Kier molecular flexibility index (Phi) is 4.54. The van der Waals surface area contributed by atoms with Gasteiger partial charge in [0, 0.05) is 24.8 Å². The first kappa shape index (κ1) is 18.1. The molecule has 0 aliphatic carbocycles. The highest BCUT2D eigenvalue weighted by molar-refractivity contribution is 6.06. The van der Waals surface area contributed by atoms with Crippen LogP contribution < -0.4 is 10.2 Å². The largest absolute Gasteiger partial charge is 0.336 e. The molecule has 4 rings (SSSR count). The quantitative estimate of drug-likeness (QED) is 0.740. The lowest BCUT2D eigenvalue weighted by Crippen LogP contribution is -2.24. The van der Waals surface area contributed by atoms with Gasteiger partial charge in [-0.15, -0.1) is 0 Å². The van der Waals surface area contributed by atoms with Gasteiger partial charge in [-0.2, -0.15) is 0 Å². The van der Waals surface area contributed by atoms with Gasteiger partial charge in [0.1, 0.15) is 5.82 Å². The van der Waals surface area contributed by atoms with Crippen molar-refractivity contribution in [1.29, 1.82) is 0 Å². The van der Waals surface area contributed by atoms with Gasteiger partial charge in [-0.05, 0) is 36.6 Å². The molecule has 0 bridgehead atoms. The molecule has 8 heteroatoms. The van der Waals surface area contributed by atoms with E-state index in [2.05, 4.69) is 15.5 Å². The van der Waals surface area contributed by atoms with Crippen LogP contribution in [0.15, 0.2) is 35.0 Å². The summed E-state index contributed by atoms with van der Waals surface area (Å²) >= 11 is 0. The normalized spacial score (nSPS) is 14.3. The second-order valence-corrected chi connectivity index (χ2v) is 7.07. The standard InChI is InChI=1S/C20H19FN4O3/c1-11(2)18-14-8-12(10-22-20(14)28-24-18)19(27)23-13-5-6-16(15(21)9-13)25-7-3-4-17(25)26/h5-6,8-11H,3-4,7H2,1-2H3,(H,23,27).